The van der Waals surface area contributed by atoms with Crippen molar-refractivity contribution in [3.8, 4) is 0 Å². The molecule has 0 amide bonds. The Hall–Kier alpha value is -1.09. The molecule has 1 aromatic heterocycles. The third-order valence-electron chi connectivity index (χ3n) is 13.6. The second-order valence-electron chi connectivity index (χ2n) is 15.9. The molecule has 0 aliphatic heterocycles. The van der Waals surface area contributed by atoms with E-state index in [-0.39, 0.29) is 27.1 Å². The molecule has 194 valence electrons. The van der Waals surface area contributed by atoms with Gasteiger partial charge in [-0.2, -0.15) is 0 Å². The quantitative estimate of drug-likeness (QED) is 0.419. The van der Waals surface area contributed by atoms with Gasteiger partial charge in [0, 0.05) is 17.6 Å². The number of aliphatic hydroxyl groups excluding tert-OH is 1. The number of hydrogen-bond donors (Lipinski definition) is 1. The smallest absolute Gasteiger partial charge is 0.145 e. The average molecular weight is 480 g/mol. The lowest BCUT2D eigenvalue weighted by Crippen LogP contribution is -2.67. The van der Waals surface area contributed by atoms with Gasteiger partial charge >= 0.3 is 0 Å². The van der Waals surface area contributed by atoms with E-state index in [0.29, 0.717) is 35.7 Å². The first kappa shape index (κ1) is 24.3. The zero-order valence-corrected chi connectivity index (χ0v) is 23.5. The highest BCUT2D eigenvalue weighted by Crippen LogP contribution is 2.77. The van der Waals surface area contributed by atoms with Gasteiger partial charge in [-0.15, -0.1) is 0 Å². The first-order chi connectivity index (χ1) is 16.2. The molecule has 0 aromatic carbocycles. The van der Waals surface area contributed by atoms with Crippen LogP contribution in [0.2, 0.25) is 0 Å². The number of hydrogen-bond acceptors (Lipinski definition) is 3. The molecule has 0 unspecified atom stereocenters. The maximum absolute atomic E-state index is 10.8. The summed E-state index contributed by atoms with van der Waals surface area (Å²) in [5.41, 5.74) is 4.10. The van der Waals surface area contributed by atoms with Crippen molar-refractivity contribution >= 4 is 0 Å². The molecule has 4 saturated carbocycles. The Labute approximate surface area is 213 Å². The Balaban J connectivity index is 1.45. The van der Waals surface area contributed by atoms with Crippen molar-refractivity contribution in [1.82, 2.24) is 5.16 Å². The molecule has 0 saturated heterocycles. The maximum Gasteiger partial charge on any atom is 0.145 e. The van der Waals surface area contributed by atoms with Crippen LogP contribution in [0, 0.1) is 50.7 Å². The zero-order valence-electron chi connectivity index (χ0n) is 23.5. The van der Waals surface area contributed by atoms with E-state index in [1.54, 1.807) is 0 Å². The van der Waals surface area contributed by atoms with Crippen molar-refractivity contribution < 1.29 is 9.63 Å². The van der Waals surface area contributed by atoms with Crippen LogP contribution in [0.4, 0.5) is 0 Å². The molecule has 0 radical (unpaired) electrons. The molecule has 5 aliphatic carbocycles. The van der Waals surface area contributed by atoms with Crippen molar-refractivity contribution in [2.24, 2.45) is 50.7 Å². The SMILES string of the molecule is C=C1C[C@@H]2[C@@]3(C)Cc4cnoc4C(C)(C)[C@@H]3CC[C@@]2(C)[C@]2(C)CC[C@@]3(CO)CCC(C)(C)C[C@H]3[C@@H]12. The molecular weight excluding hydrogens is 430 g/mol. The molecule has 4 fully saturated rings. The van der Waals surface area contributed by atoms with Crippen molar-refractivity contribution in [3.05, 3.63) is 29.7 Å². The minimum atomic E-state index is 0.0191. The minimum Gasteiger partial charge on any atom is -0.396 e. The average Bonchev–Trinajstić information content (AvgIpc) is 3.24. The second-order valence-corrected chi connectivity index (χ2v) is 15.9. The highest BCUT2D eigenvalue weighted by Gasteiger charge is 2.71. The van der Waals surface area contributed by atoms with Crippen LogP contribution in [0.1, 0.15) is 111 Å². The van der Waals surface area contributed by atoms with Gasteiger partial charge in [-0.25, -0.2) is 0 Å². The Morgan fingerprint density at radius 2 is 1.69 bits per heavy atom. The summed E-state index contributed by atoms with van der Waals surface area (Å²) in [6, 6.07) is 0. The standard InChI is InChI=1S/C32H49NO2/c1-20-15-24-29(6)16-21-18-33-35-26(21)28(4,5)23(29)9-10-30(24,7)31(8)12-14-32(19-34)13-11-27(2,3)17-22(32)25(20)31/h18,22-25,34H,1,9-17,19H2,2-8H3/t22-,23-,24+,25+,29-,30+,31+,32+/m0/s1. The van der Waals surface area contributed by atoms with E-state index >= 15 is 0 Å². The molecule has 3 nitrogen and oxygen atoms in total. The fourth-order valence-corrected chi connectivity index (χ4v) is 11.6. The number of aromatic nitrogens is 1. The third kappa shape index (κ3) is 2.86. The molecule has 0 spiro atoms. The van der Waals surface area contributed by atoms with Gasteiger partial charge in [0.05, 0.1) is 6.20 Å². The molecule has 3 heteroatoms. The molecule has 1 aromatic rings. The maximum atomic E-state index is 10.8. The summed E-state index contributed by atoms with van der Waals surface area (Å²) in [5, 5.41) is 15.0. The van der Waals surface area contributed by atoms with E-state index in [4.69, 9.17) is 11.1 Å². The molecule has 1 heterocycles. The lowest BCUT2D eigenvalue weighted by molar-refractivity contribution is -0.222. The van der Waals surface area contributed by atoms with Crippen LogP contribution in [0.25, 0.3) is 0 Å². The Kier molecular flexibility index (Phi) is 4.89. The van der Waals surface area contributed by atoms with Gasteiger partial charge in [0.15, 0.2) is 0 Å². The normalized spacial score (nSPS) is 49.8. The van der Waals surface area contributed by atoms with E-state index in [0.717, 1.165) is 18.6 Å². The van der Waals surface area contributed by atoms with Crippen molar-refractivity contribution in [3.63, 3.8) is 0 Å². The highest BCUT2D eigenvalue weighted by atomic mass is 16.5. The number of allylic oxidation sites excluding steroid dienone is 1. The fraction of sp³-hybridized carbons (Fsp3) is 0.844. The largest absolute Gasteiger partial charge is 0.396 e. The molecule has 6 rings (SSSR count). The Bertz CT molecular complexity index is 1050. The van der Waals surface area contributed by atoms with Gasteiger partial charge in [-0.05, 0) is 109 Å². The van der Waals surface area contributed by atoms with Crippen molar-refractivity contribution in [2.75, 3.05) is 6.61 Å². The van der Waals surface area contributed by atoms with Gasteiger partial charge in [-0.1, -0.05) is 65.8 Å². The predicted molar refractivity (Wildman–Crippen MR) is 141 cm³/mol. The van der Waals surface area contributed by atoms with E-state index < -0.39 is 0 Å². The van der Waals surface area contributed by atoms with Crippen molar-refractivity contribution in [2.45, 2.75) is 112 Å². The Morgan fingerprint density at radius 1 is 0.971 bits per heavy atom. The van der Waals surface area contributed by atoms with E-state index in [9.17, 15) is 5.11 Å². The summed E-state index contributed by atoms with van der Waals surface area (Å²) in [7, 11) is 0. The molecule has 8 atom stereocenters. The third-order valence-corrected chi connectivity index (χ3v) is 13.6. The molecular formula is C32H49NO2. The summed E-state index contributed by atoms with van der Waals surface area (Å²) < 4.78 is 5.86. The van der Waals surface area contributed by atoms with Crippen LogP contribution in [0.5, 0.6) is 0 Å². The molecule has 35 heavy (non-hydrogen) atoms. The first-order valence-electron chi connectivity index (χ1n) is 14.5. The lowest BCUT2D eigenvalue weighted by atomic mass is 9.31. The van der Waals surface area contributed by atoms with Crippen molar-refractivity contribution in [1.29, 1.82) is 0 Å². The number of aliphatic hydroxyl groups is 1. The van der Waals surface area contributed by atoms with Gasteiger partial charge in [0.1, 0.15) is 5.76 Å². The molecule has 5 aliphatic rings. The predicted octanol–water partition coefficient (Wildman–Crippen LogP) is 7.73. The van der Waals surface area contributed by atoms with Crippen LogP contribution >= 0.6 is 0 Å². The van der Waals surface area contributed by atoms with Gasteiger partial charge in [-0.3, -0.25) is 0 Å². The summed E-state index contributed by atoms with van der Waals surface area (Å²) in [6.45, 7) is 22.9. The van der Waals surface area contributed by atoms with Gasteiger partial charge in [0.25, 0.3) is 0 Å². The number of nitrogens with zero attached hydrogens (tertiary/aromatic N) is 1. The monoisotopic (exact) mass is 479 g/mol. The fourth-order valence-electron chi connectivity index (χ4n) is 11.6. The van der Waals surface area contributed by atoms with E-state index in [1.807, 2.05) is 6.20 Å². The number of rotatable bonds is 1. The van der Waals surface area contributed by atoms with E-state index in [1.165, 1.54) is 56.1 Å². The summed E-state index contributed by atoms with van der Waals surface area (Å²) in [6.07, 6.45) is 12.9. The second kappa shape index (κ2) is 7.06. The highest BCUT2D eigenvalue weighted by molar-refractivity contribution is 5.34. The van der Waals surface area contributed by atoms with E-state index in [2.05, 4.69) is 53.6 Å². The molecule has 0 bridgehead atoms. The topological polar surface area (TPSA) is 46.3 Å². The van der Waals surface area contributed by atoms with Crippen LogP contribution in [-0.4, -0.2) is 16.9 Å². The number of fused-ring (bicyclic) bond motifs is 8. The Morgan fingerprint density at radius 3 is 2.40 bits per heavy atom. The van der Waals surface area contributed by atoms with Crippen LogP contribution in [-0.2, 0) is 11.8 Å². The summed E-state index contributed by atoms with van der Waals surface area (Å²) in [4.78, 5) is 0. The van der Waals surface area contributed by atoms with Gasteiger partial charge < -0.3 is 9.63 Å². The lowest BCUT2D eigenvalue weighted by Gasteiger charge is -2.73. The van der Waals surface area contributed by atoms with Gasteiger partial charge in [0.2, 0.25) is 0 Å². The van der Waals surface area contributed by atoms with Crippen LogP contribution < -0.4 is 0 Å². The minimum absolute atomic E-state index is 0.0191. The summed E-state index contributed by atoms with van der Waals surface area (Å²) >= 11 is 0. The summed E-state index contributed by atoms with van der Waals surface area (Å²) in [5.74, 6) is 3.47. The van der Waals surface area contributed by atoms with Crippen LogP contribution in [0.3, 0.4) is 0 Å². The first-order valence-corrected chi connectivity index (χ1v) is 14.5. The zero-order chi connectivity index (χ0) is 25.2. The molecule has 1 N–H and O–H groups in total. The van der Waals surface area contributed by atoms with Crippen LogP contribution in [0.15, 0.2) is 22.9 Å².